The van der Waals surface area contributed by atoms with Crippen LogP contribution in [0.5, 0.6) is 0 Å². The van der Waals surface area contributed by atoms with Gasteiger partial charge in [-0.25, -0.2) is 4.79 Å². The molecule has 13 heavy (non-hydrogen) atoms. The van der Waals surface area contributed by atoms with E-state index in [2.05, 4.69) is 20.7 Å². The summed E-state index contributed by atoms with van der Waals surface area (Å²) in [4.78, 5) is 11.4. The molecule has 1 N–H and O–H groups in total. The van der Waals surface area contributed by atoms with Gasteiger partial charge in [0.2, 0.25) is 0 Å². The van der Waals surface area contributed by atoms with E-state index in [-0.39, 0.29) is 0 Å². The number of aliphatic hydroxyl groups excluding tert-OH is 1. The van der Waals surface area contributed by atoms with Crippen LogP contribution in [-0.2, 0) is 9.53 Å². The first-order valence-corrected chi connectivity index (χ1v) is 5.25. The average Bonchev–Trinajstić information content (AvgIpc) is 2.44. The second kappa shape index (κ2) is 4.41. The Morgan fingerprint density at radius 2 is 2.46 bits per heavy atom. The van der Waals surface area contributed by atoms with Gasteiger partial charge in [-0.2, -0.15) is 0 Å². The molecule has 1 heterocycles. The lowest BCUT2D eigenvalue weighted by atomic mass is 10.3. The van der Waals surface area contributed by atoms with Gasteiger partial charge >= 0.3 is 5.97 Å². The van der Waals surface area contributed by atoms with Crippen LogP contribution in [0.4, 0.5) is 0 Å². The summed E-state index contributed by atoms with van der Waals surface area (Å²) in [5.74, 6) is -0.689. The summed E-state index contributed by atoms with van der Waals surface area (Å²) in [5, 5.41) is 9.38. The normalized spacial score (nSPS) is 12.6. The molecule has 72 valence electrons. The number of thiophene rings is 1. The average molecular weight is 286 g/mol. The van der Waals surface area contributed by atoms with Crippen molar-refractivity contribution in [1.29, 1.82) is 0 Å². The monoisotopic (exact) mass is 284 g/mol. The number of aliphatic hydroxyl groups is 1. The fraction of sp³-hybridized carbons (Fsp3) is 0.286. The standard InChI is InChI=1S/C7H6BrClO3S/c1-12-7(11)5(10)4-2-3(8)6(9)13-4/h2,5,10H,1H3. The van der Waals surface area contributed by atoms with Crippen LogP contribution in [0.3, 0.4) is 0 Å². The van der Waals surface area contributed by atoms with Crippen LogP contribution in [0.15, 0.2) is 10.5 Å². The van der Waals surface area contributed by atoms with Crippen LogP contribution < -0.4 is 0 Å². The van der Waals surface area contributed by atoms with E-state index >= 15 is 0 Å². The number of hydrogen-bond donors (Lipinski definition) is 1. The molecule has 0 radical (unpaired) electrons. The van der Waals surface area contributed by atoms with Gasteiger partial charge in [-0.15, -0.1) is 11.3 Å². The molecule has 0 amide bonds. The largest absolute Gasteiger partial charge is 0.467 e. The fourth-order valence-electron chi connectivity index (χ4n) is 0.726. The Labute approximate surface area is 92.4 Å². The van der Waals surface area contributed by atoms with Gasteiger partial charge in [-0.1, -0.05) is 11.6 Å². The highest BCUT2D eigenvalue weighted by molar-refractivity contribution is 9.10. The lowest BCUT2D eigenvalue weighted by Gasteiger charge is -2.03. The summed E-state index contributed by atoms with van der Waals surface area (Å²) in [7, 11) is 1.22. The Hall–Kier alpha value is -0.100. The summed E-state index contributed by atoms with van der Waals surface area (Å²) in [6.07, 6.45) is -1.25. The molecule has 6 heteroatoms. The lowest BCUT2D eigenvalue weighted by molar-refractivity contribution is -0.150. The van der Waals surface area contributed by atoms with E-state index in [1.165, 1.54) is 7.11 Å². The molecule has 0 saturated carbocycles. The maximum Gasteiger partial charge on any atom is 0.340 e. The number of ether oxygens (including phenoxy) is 1. The number of carbonyl (C=O) groups excluding carboxylic acids is 1. The number of carbonyl (C=O) groups is 1. The summed E-state index contributed by atoms with van der Waals surface area (Å²) < 4.78 is 5.54. The van der Waals surface area contributed by atoms with Crippen LogP contribution in [0.2, 0.25) is 4.34 Å². The van der Waals surface area contributed by atoms with E-state index in [4.69, 9.17) is 11.6 Å². The molecule has 1 aromatic rings. The topological polar surface area (TPSA) is 46.5 Å². The Kier molecular flexibility index (Phi) is 3.73. The molecule has 0 fully saturated rings. The minimum Gasteiger partial charge on any atom is -0.467 e. The van der Waals surface area contributed by atoms with Crippen LogP contribution in [0.1, 0.15) is 11.0 Å². The highest BCUT2D eigenvalue weighted by Gasteiger charge is 2.21. The zero-order valence-corrected chi connectivity index (χ0v) is 9.74. The maximum absolute atomic E-state index is 10.9. The van der Waals surface area contributed by atoms with E-state index in [1.807, 2.05) is 0 Å². The minimum absolute atomic E-state index is 0.462. The van der Waals surface area contributed by atoms with E-state index in [9.17, 15) is 9.90 Å². The van der Waals surface area contributed by atoms with Crippen molar-refractivity contribution >= 4 is 44.8 Å². The number of rotatable bonds is 2. The van der Waals surface area contributed by atoms with Crippen molar-refractivity contribution in [2.45, 2.75) is 6.10 Å². The highest BCUT2D eigenvalue weighted by atomic mass is 79.9. The van der Waals surface area contributed by atoms with Gasteiger partial charge in [0.1, 0.15) is 4.34 Å². The lowest BCUT2D eigenvalue weighted by Crippen LogP contribution is -2.11. The van der Waals surface area contributed by atoms with Crippen molar-refractivity contribution in [1.82, 2.24) is 0 Å². The number of halogens is 2. The van der Waals surface area contributed by atoms with Gasteiger partial charge in [-0.05, 0) is 22.0 Å². The molecular formula is C7H6BrClO3S. The second-order valence-corrected chi connectivity index (χ2v) is 4.74. The van der Waals surface area contributed by atoms with Crippen molar-refractivity contribution < 1.29 is 14.6 Å². The summed E-state index contributed by atoms with van der Waals surface area (Å²) in [5.41, 5.74) is 0. The van der Waals surface area contributed by atoms with Crippen molar-refractivity contribution in [3.8, 4) is 0 Å². The smallest absolute Gasteiger partial charge is 0.340 e. The van der Waals surface area contributed by atoms with E-state index in [0.29, 0.717) is 13.7 Å². The summed E-state index contributed by atoms with van der Waals surface area (Å²) >= 11 is 10.0. The van der Waals surface area contributed by atoms with Crippen molar-refractivity contribution in [3.05, 3.63) is 19.8 Å². The summed E-state index contributed by atoms with van der Waals surface area (Å²) in [6, 6.07) is 1.59. The van der Waals surface area contributed by atoms with Crippen molar-refractivity contribution in [2.75, 3.05) is 7.11 Å². The molecule has 3 nitrogen and oxygen atoms in total. The van der Waals surface area contributed by atoms with Gasteiger partial charge in [0.25, 0.3) is 0 Å². The zero-order valence-electron chi connectivity index (χ0n) is 6.58. The van der Waals surface area contributed by atoms with Crippen molar-refractivity contribution in [2.24, 2.45) is 0 Å². The van der Waals surface area contributed by atoms with Gasteiger partial charge in [0.05, 0.1) is 7.11 Å². The van der Waals surface area contributed by atoms with Crippen molar-refractivity contribution in [3.63, 3.8) is 0 Å². The first kappa shape index (κ1) is 11.0. The molecule has 0 aliphatic heterocycles. The van der Waals surface area contributed by atoms with Crippen LogP contribution in [0, 0.1) is 0 Å². The van der Waals surface area contributed by atoms with Crippen LogP contribution in [0.25, 0.3) is 0 Å². The second-order valence-electron chi connectivity index (χ2n) is 2.20. The first-order chi connectivity index (χ1) is 6.06. The molecule has 0 bridgehead atoms. The summed E-state index contributed by atoms with van der Waals surface area (Å²) in [6.45, 7) is 0. The zero-order chi connectivity index (χ0) is 10.0. The Balaban J connectivity index is 2.89. The minimum atomic E-state index is -1.25. The predicted molar refractivity (Wildman–Crippen MR) is 54.0 cm³/mol. The van der Waals surface area contributed by atoms with E-state index in [1.54, 1.807) is 6.07 Å². The number of methoxy groups -OCH3 is 1. The molecule has 0 aromatic carbocycles. The third-order valence-corrected chi connectivity index (χ3v) is 3.89. The third kappa shape index (κ3) is 2.43. The quantitative estimate of drug-likeness (QED) is 0.849. The SMILES string of the molecule is COC(=O)C(O)c1cc(Br)c(Cl)s1. The highest BCUT2D eigenvalue weighted by Crippen LogP contribution is 2.35. The Morgan fingerprint density at radius 1 is 1.85 bits per heavy atom. The number of hydrogen-bond acceptors (Lipinski definition) is 4. The van der Waals surface area contributed by atoms with Crippen LogP contribution in [-0.4, -0.2) is 18.2 Å². The molecular weight excluding hydrogens is 279 g/mol. The Bertz CT molecular complexity index is 306. The third-order valence-electron chi connectivity index (χ3n) is 1.36. The molecule has 0 saturated heterocycles. The predicted octanol–water partition coefficient (Wildman–Crippen LogP) is 2.37. The van der Waals surface area contributed by atoms with Gasteiger partial charge in [0.15, 0.2) is 6.10 Å². The van der Waals surface area contributed by atoms with E-state index < -0.39 is 12.1 Å². The maximum atomic E-state index is 10.9. The van der Waals surface area contributed by atoms with Crippen LogP contribution >= 0.6 is 38.9 Å². The molecule has 1 unspecified atom stereocenters. The van der Waals surface area contributed by atoms with E-state index in [0.717, 1.165) is 11.3 Å². The van der Waals surface area contributed by atoms with Gasteiger partial charge in [0, 0.05) is 9.35 Å². The molecule has 1 rings (SSSR count). The van der Waals surface area contributed by atoms with Gasteiger partial charge in [-0.3, -0.25) is 0 Å². The van der Waals surface area contributed by atoms with Gasteiger partial charge < -0.3 is 9.84 Å². The Morgan fingerprint density at radius 3 is 2.85 bits per heavy atom. The molecule has 0 aliphatic carbocycles. The molecule has 1 aromatic heterocycles. The molecule has 0 spiro atoms. The first-order valence-electron chi connectivity index (χ1n) is 3.27. The molecule has 1 atom stereocenters. The number of esters is 1. The molecule has 0 aliphatic rings. The fourth-order valence-corrected chi connectivity index (χ4v) is 2.44.